The monoisotopic (exact) mass is 366 g/mol. The van der Waals surface area contributed by atoms with Crippen molar-refractivity contribution in [2.45, 2.75) is 58.0 Å². The molecule has 0 unspecified atom stereocenters. The van der Waals surface area contributed by atoms with Crippen molar-refractivity contribution in [3.8, 4) is 0 Å². The second kappa shape index (κ2) is 7.90. The molecule has 4 rings (SSSR count). The largest absolute Gasteiger partial charge is 0.352 e. The van der Waals surface area contributed by atoms with E-state index in [9.17, 15) is 4.79 Å². The zero-order valence-electron chi connectivity index (χ0n) is 15.8. The lowest BCUT2D eigenvalue weighted by atomic mass is 10.2. The maximum atomic E-state index is 12.4. The van der Waals surface area contributed by atoms with Gasteiger partial charge in [-0.2, -0.15) is 0 Å². The number of nitrogens with one attached hydrogen (secondary N) is 1. The van der Waals surface area contributed by atoms with Crippen molar-refractivity contribution < 1.29 is 4.79 Å². The number of nitrogens with zero attached hydrogens (tertiary/aromatic N) is 5. The number of imidazole rings is 2. The van der Waals surface area contributed by atoms with Crippen LogP contribution in [0.5, 0.6) is 0 Å². The fourth-order valence-electron chi connectivity index (χ4n) is 3.90. The quantitative estimate of drug-likeness (QED) is 0.652. The van der Waals surface area contributed by atoms with Crippen LogP contribution in [0.25, 0.3) is 11.2 Å². The third-order valence-electron chi connectivity index (χ3n) is 5.37. The smallest absolute Gasteiger partial charge is 0.252 e. The molecule has 0 spiro atoms. The first-order valence-corrected chi connectivity index (χ1v) is 9.87. The predicted molar refractivity (Wildman–Crippen MR) is 104 cm³/mol. The molecule has 142 valence electrons. The summed E-state index contributed by atoms with van der Waals surface area (Å²) < 4.78 is 4.30. The van der Waals surface area contributed by atoms with E-state index >= 15 is 0 Å². The van der Waals surface area contributed by atoms with Crippen LogP contribution in [0.15, 0.2) is 31.0 Å². The number of carbonyl (C=O) groups excluding carboxylic acids is 1. The van der Waals surface area contributed by atoms with E-state index in [0.29, 0.717) is 18.2 Å². The summed E-state index contributed by atoms with van der Waals surface area (Å²) in [5.41, 5.74) is 2.24. The van der Waals surface area contributed by atoms with Crippen molar-refractivity contribution in [2.75, 3.05) is 6.54 Å². The van der Waals surface area contributed by atoms with Crippen LogP contribution in [0.2, 0.25) is 0 Å². The summed E-state index contributed by atoms with van der Waals surface area (Å²) in [7, 11) is 0. The van der Waals surface area contributed by atoms with Gasteiger partial charge in [0.05, 0.1) is 11.9 Å². The summed E-state index contributed by atoms with van der Waals surface area (Å²) in [4.78, 5) is 25.7. The molecule has 3 heterocycles. The minimum Gasteiger partial charge on any atom is -0.352 e. The fraction of sp³-hybridized carbons (Fsp3) is 0.500. The van der Waals surface area contributed by atoms with Gasteiger partial charge in [0.15, 0.2) is 5.65 Å². The number of aromatic nitrogens is 5. The standard InChI is InChI=1S/C20H26N6O/c1-2-18-21-9-11-25(18)10-5-8-22-20(27)15-12-17-19(23-13-15)26(14-24-17)16-6-3-4-7-16/h9,11-14,16H,2-8,10H2,1H3,(H,22,27). The number of carbonyl (C=O) groups is 1. The topological polar surface area (TPSA) is 77.6 Å². The van der Waals surface area contributed by atoms with Gasteiger partial charge in [-0.15, -0.1) is 0 Å². The van der Waals surface area contributed by atoms with E-state index in [4.69, 9.17) is 0 Å². The number of rotatable bonds is 7. The first-order valence-electron chi connectivity index (χ1n) is 9.87. The lowest BCUT2D eigenvalue weighted by Crippen LogP contribution is -2.25. The van der Waals surface area contributed by atoms with Crippen LogP contribution >= 0.6 is 0 Å². The molecule has 3 aromatic heterocycles. The van der Waals surface area contributed by atoms with E-state index in [-0.39, 0.29) is 5.91 Å². The molecular weight excluding hydrogens is 340 g/mol. The summed E-state index contributed by atoms with van der Waals surface area (Å²) in [6, 6.07) is 2.34. The summed E-state index contributed by atoms with van der Waals surface area (Å²) in [6.07, 6.45) is 14.0. The van der Waals surface area contributed by atoms with Gasteiger partial charge in [0.2, 0.25) is 0 Å². The van der Waals surface area contributed by atoms with Crippen LogP contribution in [0.3, 0.4) is 0 Å². The molecule has 1 aliphatic carbocycles. The molecule has 1 N–H and O–H groups in total. The Morgan fingerprint density at radius 2 is 2.11 bits per heavy atom. The molecule has 3 aromatic rings. The Hall–Kier alpha value is -2.70. The summed E-state index contributed by atoms with van der Waals surface area (Å²) in [5, 5.41) is 2.98. The van der Waals surface area contributed by atoms with E-state index in [1.165, 1.54) is 25.7 Å². The highest BCUT2D eigenvalue weighted by atomic mass is 16.1. The van der Waals surface area contributed by atoms with Gasteiger partial charge < -0.3 is 14.5 Å². The van der Waals surface area contributed by atoms with E-state index in [0.717, 1.165) is 36.4 Å². The molecule has 1 aliphatic rings. The Bertz CT molecular complexity index is 922. The third-order valence-corrected chi connectivity index (χ3v) is 5.37. The van der Waals surface area contributed by atoms with Crippen LogP contribution in [0, 0.1) is 0 Å². The van der Waals surface area contributed by atoms with Crippen molar-refractivity contribution in [3.05, 3.63) is 42.4 Å². The number of aryl methyl sites for hydroxylation is 2. The van der Waals surface area contributed by atoms with Gasteiger partial charge in [-0.1, -0.05) is 19.8 Å². The fourth-order valence-corrected chi connectivity index (χ4v) is 3.90. The summed E-state index contributed by atoms with van der Waals surface area (Å²) >= 11 is 0. The average Bonchev–Trinajstić information content (AvgIpc) is 3.44. The summed E-state index contributed by atoms with van der Waals surface area (Å²) in [5.74, 6) is 0.981. The summed E-state index contributed by atoms with van der Waals surface area (Å²) in [6.45, 7) is 3.57. The Kier molecular flexibility index (Phi) is 5.18. The minimum absolute atomic E-state index is 0.0961. The Balaban J connectivity index is 1.35. The van der Waals surface area contributed by atoms with Crippen molar-refractivity contribution >= 4 is 17.1 Å². The first-order chi connectivity index (χ1) is 13.3. The molecule has 1 fully saturated rings. The van der Waals surface area contributed by atoms with Crippen LogP contribution in [-0.2, 0) is 13.0 Å². The number of hydrogen-bond acceptors (Lipinski definition) is 4. The predicted octanol–water partition coefficient (Wildman–Crippen LogP) is 3.13. The molecule has 1 saturated carbocycles. The Morgan fingerprint density at radius 1 is 1.26 bits per heavy atom. The molecule has 7 heteroatoms. The highest BCUT2D eigenvalue weighted by Gasteiger charge is 2.20. The first kappa shape index (κ1) is 17.7. The molecule has 0 atom stereocenters. The second-order valence-electron chi connectivity index (χ2n) is 7.16. The van der Waals surface area contributed by atoms with Crippen molar-refractivity contribution in [1.29, 1.82) is 0 Å². The molecule has 0 aromatic carbocycles. The zero-order chi connectivity index (χ0) is 18.6. The van der Waals surface area contributed by atoms with Gasteiger partial charge in [0.25, 0.3) is 5.91 Å². The molecule has 1 amide bonds. The SMILES string of the molecule is CCc1nccn1CCCNC(=O)c1cnc2c(c1)ncn2C1CCCC1. The van der Waals surface area contributed by atoms with E-state index in [1.54, 1.807) is 6.20 Å². The number of hydrogen-bond donors (Lipinski definition) is 1. The number of pyridine rings is 1. The van der Waals surface area contributed by atoms with Crippen molar-refractivity contribution in [2.24, 2.45) is 0 Å². The van der Waals surface area contributed by atoms with E-state index in [1.807, 2.05) is 24.8 Å². The second-order valence-corrected chi connectivity index (χ2v) is 7.16. The van der Waals surface area contributed by atoms with Gasteiger partial charge in [-0.25, -0.2) is 15.0 Å². The lowest BCUT2D eigenvalue weighted by molar-refractivity contribution is 0.0952. The average molecular weight is 366 g/mol. The zero-order valence-corrected chi connectivity index (χ0v) is 15.8. The van der Waals surface area contributed by atoms with Gasteiger partial charge in [-0.3, -0.25) is 4.79 Å². The lowest BCUT2D eigenvalue weighted by Gasteiger charge is -2.11. The van der Waals surface area contributed by atoms with Crippen LogP contribution in [-0.4, -0.2) is 36.5 Å². The molecule has 0 radical (unpaired) electrons. The normalized spacial score (nSPS) is 14.9. The van der Waals surface area contributed by atoms with Crippen LogP contribution in [0.4, 0.5) is 0 Å². The van der Waals surface area contributed by atoms with Crippen molar-refractivity contribution in [3.63, 3.8) is 0 Å². The van der Waals surface area contributed by atoms with Crippen LogP contribution < -0.4 is 5.32 Å². The number of fused-ring (bicyclic) bond motifs is 1. The van der Waals surface area contributed by atoms with E-state index < -0.39 is 0 Å². The third kappa shape index (κ3) is 3.72. The Labute approximate surface area is 158 Å². The minimum atomic E-state index is -0.0961. The Morgan fingerprint density at radius 3 is 2.93 bits per heavy atom. The highest BCUT2D eigenvalue weighted by Crippen LogP contribution is 2.31. The highest BCUT2D eigenvalue weighted by molar-refractivity contribution is 5.96. The van der Waals surface area contributed by atoms with Crippen LogP contribution in [0.1, 0.15) is 61.3 Å². The van der Waals surface area contributed by atoms with Gasteiger partial charge >= 0.3 is 0 Å². The van der Waals surface area contributed by atoms with Gasteiger partial charge in [0.1, 0.15) is 11.3 Å². The molecule has 7 nitrogen and oxygen atoms in total. The molecular formula is C20H26N6O. The van der Waals surface area contributed by atoms with E-state index in [2.05, 4.69) is 36.3 Å². The molecule has 0 aliphatic heterocycles. The number of amides is 1. The maximum Gasteiger partial charge on any atom is 0.252 e. The molecule has 27 heavy (non-hydrogen) atoms. The maximum absolute atomic E-state index is 12.4. The van der Waals surface area contributed by atoms with Gasteiger partial charge in [-0.05, 0) is 25.3 Å². The molecule has 0 bridgehead atoms. The van der Waals surface area contributed by atoms with Crippen molar-refractivity contribution in [1.82, 2.24) is 29.4 Å². The molecule has 0 saturated heterocycles. The van der Waals surface area contributed by atoms with Gasteiger partial charge in [0, 0.05) is 44.1 Å².